The highest BCUT2D eigenvalue weighted by molar-refractivity contribution is 8.02. The van der Waals surface area contributed by atoms with Crippen molar-refractivity contribution in [1.29, 1.82) is 0 Å². The van der Waals surface area contributed by atoms with E-state index in [0.717, 1.165) is 18.0 Å². The Morgan fingerprint density at radius 2 is 2.04 bits per heavy atom. The number of aryl methyl sites for hydroxylation is 1. The van der Waals surface area contributed by atoms with Gasteiger partial charge in [0.05, 0.1) is 12.0 Å². The normalized spacial score (nSPS) is 12.6. The smallest absolute Gasteiger partial charge is 0.120 e. The van der Waals surface area contributed by atoms with E-state index in [9.17, 15) is 0 Å². The number of thioether (sulfide) groups is 1. The van der Waals surface area contributed by atoms with Crippen LogP contribution in [0.15, 0.2) is 40.4 Å². The van der Waals surface area contributed by atoms with Gasteiger partial charge in [0.2, 0.25) is 0 Å². The molecule has 138 valence electrons. The molecule has 0 heterocycles. The highest BCUT2D eigenvalue weighted by atomic mass is 32.2. The molecule has 0 saturated heterocycles. The van der Waals surface area contributed by atoms with Gasteiger partial charge in [-0.3, -0.25) is 4.99 Å². The topological polar surface area (TPSA) is 33.6 Å². The van der Waals surface area contributed by atoms with Crippen LogP contribution in [-0.4, -0.2) is 18.7 Å². The van der Waals surface area contributed by atoms with Crippen LogP contribution in [0.5, 0.6) is 5.75 Å². The van der Waals surface area contributed by atoms with Gasteiger partial charge in [0.1, 0.15) is 5.75 Å². The first-order valence-electron chi connectivity index (χ1n) is 9.13. The Bertz CT molecular complexity index is 600. The Morgan fingerprint density at radius 1 is 1.32 bits per heavy atom. The lowest BCUT2D eigenvalue weighted by Crippen LogP contribution is -2.12. The van der Waals surface area contributed by atoms with E-state index in [1.54, 1.807) is 18.0 Å². The van der Waals surface area contributed by atoms with E-state index in [0.29, 0.717) is 0 Å². The number of ether oxygens (including phenoxy) is 1. The van der Waals surface area contributed by atoms with Gasteiger partial charge in [0.15, 0.2) is 0 Å². The van der Waals surface area contributed by atoms with Crippen molar-refractivity contribution in [3.63, 3.8) is 0 Å². The molecule has 1 aliphatic carbocycles. The largest absolute Gasteiger partial charge is 0.491 e. The Morgan fingerprint density at radius 3 is 2.60 bits per heavy atom. The van der Waals surface area contributed by atoms with Gasteiger partial charge in [0.25, 0.3) is 0 Å². The molecular formula is C21H32N2OS. The number of nitrogens with zero attached hydrogens (tertiary/aromatic N) is 1. The number of allylic oxidation sites excluding steroid dienone is 1. The molecule has 0 bridgehead atoms. The third-order valence-electron chi connectivity index (χ3n) is 3.48. The number of rotatable bonds is 9. The molecule has 2 rings (SSSR count). The maximum atomic E-state index is 5.92. The Kier molecular flexibility index (Phi) is 10.1. The van der Waals surface area contributed by atoms with Crippen molar-refractivity contribution in [2.24, 2.45) is 4.99 Å². The van der Waals surface area contributed by atoms with Crippen LogP contribution in [0, 0.1) is 0 Å². The fraction of sp³-hybridized carbons (Fsp3) is 0.476. The summed E-state index contributed by atoms with van der Waals surface area (Å²) in [4.78, 5) is 3.71. The second kappa shape index (κ2) is 11.8. The molecule has 0 atom stereocenters. The third-order valence-corrected chi connectivity index (χ3v) is 4.11. The van der Waals surface area contributed by atoms with Gasteiger partial charge < -0.3 is 10.1 Å². The molecule has 1 saturated carbocycles. The van der Waals surface area contributed by atoms with Crippen molar-refractivity contribution < 1.29 is 4.74 Å². The Labute approximate surface area is 157 Å². The molecule has 1 N–H and O–H groups in total. The summed E-state index contributed by atoms with van der Waals surface area (Å²) in [6.45, 7) is 13.7. The number of hydrogen-bond donors (Lipinski definition) is 1. The summed E-state index contributed by atoms with van der Waals surface area (Å²) in [5, 5.41) is 5.51. The molecule has 0 aromatic heterocycles. The van der Waals surface area contributed by atoms with Crippen LogP contribution in [0.4, 0.5) is 0 Å². The zero-order valence-electron chi connectivity index (χ0n) is 16.3. The lowest BCUT2D eigenvalue weighted by molar-refractivity contribution is 0.242. The maximum absolute atomic E-state index is 5.92. The van der Waals surface area contributed by atoms with E-state index in [1.807, 2.05) is 19.3 Å². The van der Waals surface area contributed by atoms with E-state index in [2.05, 4.69) is 56.0 Å². The van der Waals surface area contributed by atoms with Crippen LogP contribution in [0.3, 0.4) is 0 Å². The van der Waals surface area contributed by atoms with Gasteiger partial charge in [-0.25, -0.2) is 0 Å². The van der Waals surface area contributed by atoms with Crippen molar-refractivity contribution in [3.05, 3.63) is 46.5 Å². The number of aliphatic imine (C=N–C) groups is 1. The van der Waals surface area contributed by atoms with Gasteiger partial charge in [-0.05, 0) is 74.6 Å². The quantitative estimate of drug-likeness (QED) is 0.332. The van der Waals surface area contributed by atoms with Crippen molar-refractivity contribution in [2.45, 2.75) is 60.0 Å². The van der Waals surface area contributed by atoms with Gasteiger partial charge in [-0.2, -0.15) is 0 Å². The average molecular weight is 361 g/mol. The minimum absolute atomic E-state index is 0.187. The number of benzene rings is 1. The predicted octanol–water partition coefficient (Wildman–Crippen LogP) is 6.02. The van der Waals surface area contributed by atoms with Crippen LogP contribution < -0.4 is 10.1 Å². The summed E-state index contributed by atoms with van der Waals surface area (Å²) >= 11 is 1.68. The molecule has 1 aromatic rings. The Balaban J connectivity index is 0.00000151. The first-order chi connectivity index (χ1) is 12.1. The van der Waals surface area contributed by atoms with E-state index < -0.39 is 0 Å². The first-order valence-corrected chi connectivity index (χ1v) is 10.2. The average Bonchev–Trinajstić information content (AvgIpc) is 3.44. The van der Waals surface area contributed by atoms with E-state index in [4.69, 9.17) is 4.74 Å². The summed E-state index contributed by atoms with van der Waals surface area (Å²) in [6.07, 6.45) is 5.28. The van der Waals surface area contributed by atoms with Crippen LogP contribution in [-0.2, 0) is 6.42 Å². The van der Waals surface area contributed by atoms with E-state index >= 15 is 0 Å². The zero-order chi connectivity index (χ0) is 18.7. The van der Waals surface area contributed by atoms with E-state index in [1.165, 1.54) is 35.2 Å². The highest BCUT2D eigenvalue weighted by Gasteiger charge is 2.19. The minimum atomic E-state index is 0.187. The molecule has 0 amide bonds. The Hall–Kier alpha value is -1.68. The molecule has 25 heavy (non-hydrogen) atoms. The summed E-state index contributed by atoms with van der Waals surface area (Å²) in [5.41, 5.74) is 5.31. The zero-order valence-corrected chi connectivity index (χ0v) is 17.1. The third kappa shape index (κ3) is 7.82. The van der Waals surface area contributed by atoms with Crippen LogP contribution in [0.1, 0.15) is 58.6 Å². The second-order valence-corrected chi connectivity index (χ2v) is 6.71. The monoisotopic (exact) mass is 360 g/mol. The van der Waals surface area contributed by atoms with Crippen LogP contribution >= 0.6 is 11.8 Å². The molecule has 4 heteroatoms. The number of hydrogen-bond acceptors (Lipinski definition) is 4. The van der Waals surface area contributed by atoms with Crippen LogP contribution in [0.25, 0.3) is 5.70 Å². The molecule has 0 unspecified atom stereocenters. The van der Waals surface area contributed by atoms with Gasteiger partial charge in [0, 0.05) is 17.5 Å². The molecule has 0 radical (unpaired) electrons. The fourth-order valence-electron chi connectivity index (χ4n) is 2.34. The van der Waals surface area contributed by atoms with Gasteiger partial charge in [-0.15, -0.1) is 11.8 Å². The molecule has 0 aliphatic heterocycles. The van der Waals surface area contributed by atoms with Gasteiger partial charge >= 0.3 is 0 Å². The van der Waals surface area contributed by atoms with Crippen molar-refractivity contribution in [2.75, 3.05) is 5.88 Å². The standard InChI is InChI=1S/C19H26N2OS.C2H6/c1-5-15-10-17(12-18(11-15)22-14(2)3)19(16-6-7-16)21-13-23-9-8-20-4;1-2/h8-12,14,21H,4-7,13H2,1-3H3;1-2H3/b9-8-;. The maximum Gasteiger partial charge on any atom is 0.120 e. The van der Waals surface area contributed by atoms with Crippen molar-refractivity contribution in [3.8, 4) is 5.75 Å². The van der Waals surface area contributed by atoms with Crippen LogP contribution in [0.2, 0.25) is 0 Å². The number of nitrogens with one attached hydrogen (secondary N) is 1. The molecule has 1 aromatic carbocycles. The first kappa shape index (κ1) is 21.4. The molecule has 0 spiro atoms. The minimum Gasteiger partial charge on any atom is -0.491 e. The lowest BCUT2D eigenvalue weighted by atomic mass is 10.0. The highest BCUT2D eigenvalue weighted by Crippen LogP contribution is 2.36. The molecule has 3 nitrogen and oxygen atoms in total. The predicted molar refractivity (Wildman–Crippen MR) is 113 cm³/mol. The second-order valence-electron chi connectivity index (χ2n) is 5.82. The van der Waals surface area contributed by atoms with E-state index in [-0.39, 0.29) is 6.10 Å². The molecule has 1 fully saturated rings. The molecule has 1 aliphatic rings. The summed E-state index contributed by atoms with van der Waals surface area (Å²) in [5.74, 6) is 1.78. The lowest BCUT2D eigenvalue weighted by Gasteiger charge is -2.16. The van der Waals surface area contributed by atoms with Crippen molar-refractivity contribution in [1.82, 2.24) is 5.32 Å². The van der Waals surface area contributed by atoms with Gasteiger partial charge in [-0.1, -0.05) is 20.8 Å². The van der Waals surface area contributed by atoms with Crippen molar-refractivity contribution >= 4 is 24.2 Å². The summed E-state index contributed by atoms with van der Waals surface area (Å²) < 4.78 is 5.92. The fourth-order valence-corrected chi connectivity index (χ4v) is 2.84. The SMILES string of the molecule is C=N/C=C\SCNC(=C1CC1)c1cc(CC)cc(OC(C)C)c1.CC. The molecular weight excluding hydrogens is 328 g/mol. The summed E-state index contributed by atoms with van der Waals surface area (Å²) in [6, 6.07) is 6.57. The summed E-state index contributed by atoms with van der Waals surface area (Å²) in [7, 11) is 0.